The molecule has 1 saturated carbocycles. The van der Waals surface area contributed by atoms with E-state index in [1.54, 1.807) is 0 Å². The van der Waals surface area contributed by atoms with Crippen LogP contribution in [-0.2, 0) is 4.74 Å². The van der Waals surface area contributed by atoms with Gasteiger partial charge in [-0.25, -0.2) is 4.79 Å². The molecule has 1 unspecified atom stereocenters. The van der Waals surface area contributed by atoms with Gasteiger partial charge in [0.25, 0.3) is 0 Å². The summed E-state index contributed by atoms with van der Waals surface area (Å²) in [5.41, 5.74) is 6.42. The first-order valence-corrected chi connectivity index (χ1v) is 7.78. The van der Waals surface area contributed by atoms with Gasteiger partial charge < -0.3 is 15.4 Å². The van der Waals surface area contributed by atoms with E-state index < -0.39 is 5.60 Å². The molecule has 1 aliphatic carbocycles. The van der Waals surface area contributed by atoms with Crippen molar-refractivity contribution in [1.29, 1.82) is 0 Å². The van der Waals surface area contributed by atoms with Gasteiger partial charge in [-0.2, -0.15) is 0 Å². The predicted octanol–water partition coefficient (Wildman–Crippen LogP) is 3.15. The second-order valence-corrected chi connectivity index (χ2v) is 8.52. The molecule has 1 saturated heterocycles. The summed E-state index contributed by atoms with van der Waals surface area (Å²) in [4.78, 5) is 14.0. The van der Waals surface area contributed by atoms with E-state index in [1.165, 1.54) is 0 Å². The fourth-order valence-electron chi connectivity index (χ4n) is 3.96. The minimum Gasteiger partial charge on any atom is -0.444 e. The Morgan fingerprint density at radius 2 is 1.90 bits per heavy atom. The van der Waals surface area contributed by atoms with Crippen molar-refractivity contribution in [2.24, 2.45) is 17.1 Å². The molecular formula is C16H30N2O2. The largest absolute Gasteiger partial charge is 0.444 e. The number of rotatable bonds is 1. The smallest absolute Gasteiger partial charge is 0.410 e. The lowest BCUT2D eigenvalue weighted by Crippen LogP contribution is -2.63. The zero-order valence-electron chi connectivity index (χ0n) is 13.7. The Morgan fingerprint density at radius 1 is 1.30 bits per heavy atom. The lowest BCUT2D eigenvalue weighted by atomic mass is 9.54. The van der Waals surface area contributed by atoms with Crippen LogP contribution in [0.5, 0.6) is 0 Å². The zero-order chi connectivity index (χ0) is 15.2. The molecule has 0 aromatic carbocycles. The Morgan fingerprint density at radius 3 is 2.40 bits per heavy atom. The van der Waals surface area contributed by atoms with Gasteiger partial charge in [0.15, 0.2) is 0 Å². The standard InChI is InChI=1S/C16H30N2O2/c1-14(2,3)20-13(19)18-8-6-7-12(9-18)16(17)10-15(4,5)11-16/h12H,6-11,17H2,1-5H3. The minimum atomic E-state index is -0.428. The van der Waals surface area contributed by atoms with Gasteiger partial charge in [0.2, 0.25) is 0 Å². The summed E-state index contributed by atoms with van der Waals surface area (Å²) in [6.45, 7) is 11.8. The number of nitrogens with two attached hydrogens (primary N) is 1. The number of hydrogen-bond donors (Lipinski definition) is 1. The predicted molar refractivity (Wildman–Crippen MR) is 80.5 cm³/mol. The number of ether oxygens (including phenoxy) is 1. The molecule has 1 aliphatic heterocycles. The Balaban J connectivity index is 1.94. The fourth-order valence-corrected chi connectivity index (χ4v) is 3.96. The average molecular weight is 282 g/mol. The molecule has 0 spiro atoms. The molecule has 2 rings (SSSR count). The summed E-state index contributed by atoms with van der Waals surface area (Å²) in [5, 5.41) is 0. The SMILES string of the molecule is CC1(C)CC(N)(C2CCCN(C(=O)OC(C)(C)C)C2)C1. The highest BCUT2D eigenvalue weighted by Gasteiger charge is 2.51. The molecule has 2 aliphatic rings. The fraction of sp³-hybridized carbons (Fsp3) is 0.938. The average Bonchev–Trinajstić information content (AvgIpc) is 2.24. The molecule has 116 valence electrons. The van der Waals surface area contributed by atoms with Crippen LogP contribution >= 0.6 is 0 Å². The van der Waals surface area contributed by atoms with Crippen molar-refractivity contribution >= 4 is 6.09 Å². The van der Waals surface area contributed by atoms with Crippen LogP contribution in [0.4, 0.5) is 4.79 Å². The molecule has 4 nitrogen and oxygen atoms in total. The number of carbonyl (C=O) groups excluding carboxylic acids is 1. The number of carbonyl (C=O) groups is 1. The molecule has 2 fully saturated rings. The second-order valence-electron chi connectivity index (χ2n) is 8.52. The van der Waals surface area contributed by atoms with Gasteiger partial charge in [0, 0.05) is 18.6 Å². The van der Waals surface area contributed by atoms with E-state index in [0.717, 1.165) is 38.8 Å². The summed E-state index contributed by atoms with van der Waals surface area (Å²) >= 11 is 0. The van der Waals surface area contributed by atoms with Crippen molar-refractivity contribution in [2.45, 2.75) is 71.4 Å². The topological polar surface area (TPSA) is 55.6 Å². The Bertz CT molecular complexity index is 376. The van der Waals surface area contributed by atoms with Crippen LogP contribution in [0, 0.1) is 11.3 Å². The van der Waals surface area contributed by atoms with Gasteiger partial charge >= 0.3 is 6.09 Å². The number of likely N-dealkylation sites (tertiary alicyclic amines) is 1. The third-order valence-corrected chi connectivity index (χ3v) is 4.50. The van der Waals surface area contributed by atoms with E-state index in [2.05, 4.69) is 13.8 Å². The lowest BCUT2D eigenvalue weighted by Gasteiger charge is -2.56. The van der Waals surface area contributed by atoms with E-state index >= 15 is 0 Å². The van der Waals surface area contributed by atoms with Crippen LogP contribution in [0.15, 0.2) is 0 Å². The molecule has 1 atom stereocenters. The highest BCUT2D eigenvalue weighted by atomic mass is 16.6. The van der Waals surface area contributed by atoms with E-state index in [0.29, 0.717) is 11.3 Å². The first-order valence-electron chi connectivity index (χ1n) is 7.78. The highest BCUT2D eigenvalue weighted by molar-refractivity contribution is 5.68. The monoisotopic (exact) mass is 282 g/mol. The number of amides is 1. The highest BCUT2D eigenvalue weighted by Crippen LogP contribution is 2.51. The molecule has 1 heterocycles. The van der Waals surface area contributed by atoms with Crippen LogP contribution in [0.3, 0.4) is 0 Å². The lowest BCUT2D eigenvalue weighted by molar-refractivity contribution is -0.0242. The van der Waals surface area contributed by atoms with Gasteiger partial charge in [-0.15, -0.1) is 0 Å². The molecule has 0 bridgehead atoms. The first kappa shape index (κ1) is 15.6. The van der Waals surface area contributed by atoms with E-state index in [1.807, 2.05) is 25.7 Å². The third kappa shape index (κ3) is 3.46. The number of nitrogens with zero attached hydrogens (tertiary/aromatic N) is 1. The summed E-state index contributed by atoms with van der Waals surface area (Å²) in [6.07, 6.45) is 4.10. The van der Waals surface area contributed by atoms with Crippen molar-refractivity contribution in [3.8, 4) is 0 Å². The molecule has 0 aromatic heterocycles. The third-order valence-electron chi connectivity index (χ3n) is 4.50. The number of hydrogen-bond acceptors (Lipinski definition) is 3. The first-order chi connectivity index (χ1) is 9.01. The van der Waals surface area contributed by atoms with Crippen LogP contribution in [-0.4, -0.2) is 35.2 Å². The van der Waals surface area contributed by atoms with Crippen LogP contribution < -0.4 is 5.73 Å². The molecule has 20 heavy (non-hydrogen) atoms. The quantitative estimate of drug-likeness (QED) is 0.803. The summed E-state index contributed by atoms with van der Waals surface area (Å²) in [6, 6.07) is 0. The molecular weight excluding hydrogens is 252 g/mol. The van der Waals surface area contributed by atoms with E-state index in [9.17, 15) is 4.79 Å². The van der Waals surface area contributed by atoms with Gasteiger partial charge in [-0.3, -0.25) is 0 Å². The van der Waals surface area contributed by atoms with Crippen molar-refractivity contribution in [3.05, 3.63) is 0 Å². The molecule has 1 amide bonds. The van der Waals surface area contributed by atoms with Crippen LogP contribution in [0.25, 0.3) is 0 Å². The normalized spacial score (nSPS) is 28.7. The zero-order valence-corrected chi connectivity index (χ0v) is 13.7. The van der Waals surface area contributed by atoms with Crippen molar-refractivity contribution in [1.82, 2.24) is 4.90 Å². The van der Waals surface area contributed by atoms with E-state index in [-0.39, 0.29) is 11.6 Å². The van der Waals surface area contributed by atoms with Gasteiger partial charge in [-0.05, 0) is 57.8 Å². The van der Waals surface area contributed by atoms with Crippen molar-refractivity contribution in [2.75, 3.05) is 13.1 Å². The minimum absolute atomic E-state index is 0.0792. The maximum atomic E-state index is 12.2. The summed E-state index contributed by atoms with van der Waals surface area (Å²) < 4.78 is 5.48. The molecule has 2 N–H and O–H groups in total. The summed E-state index contributed by atoms with van der Waals surface area (Å²) in [5.74, 6) is 0.414. The second kappa shape index (κ2) is 4.90. The summed E-state index contributed by atoms with van der Waals surface area (Å²) in [7, 11) is 0. The number of piperidine rings is 1. The van der Waals surface area contributed by atoms with Gasteiger partial charge in [0.1, 0.15) is 5.60 Å². The van der Waals surface area contributed by atoms with Gasteiger partial charge in [0.05, 0.1) is 0 Å². The molecule has 0 aromatic rings. The molecule has 4 heteroatoms. The maximum absolute atomic E-state index is 12.2. The van der Waals surface area contributed by atoms with Gasteiger partial charge in [-0.1, -0.05) is 13.8 Å². The Kier molecular flexibility index (Phi) is 3.83. The van der Waals surface area contributed by atoms with E-state index in [4.69, 9.17) is 10.5 Å². The van der Waals surface area contributed by atoms with Crippen LogP contribution in [0.2, 0.25) is 0 Å². The molecule has 0 radical (unpaired) electrons. The van der Waals surface area contributed by atoms with Crippen molar-refractivity contribution < 1.29 is 9.53 Å². The van der Waals surface area contributed by atoms with Crippen LogP contribution in [0.1, 0.15) is 60.3 Å². The Labute approximate surface area is 123 Å². The Hall–Kier alpha value is -0.770. The van der Waals surface area contributed by atoms with Crippen molar-refractivity contribution in [3.63, 3.8) is 0 Å². The maximum Gasteiger partial charge on any atom is 0.410 e.